The quantitative estimate of drug-likeness (QED) is 0.739. The van der Waals surface area contributed by atoms with Crippen molar-refractivity contribution >= 4 is 22.5 Å². The van der Waals surface area contributed by atoms with Crippen molar-refractivity contribution in [2.45, 2.75) is 13.3 Å². The maximum Gasteiger partial charge on any atom is 0.323 e. The number of carbonyl (C=O) groups excluding carboxylic acids is 1. The number of amides is 2. The lowest BCUT2D eigenvalue weighted by Crippen LogP contribution is -2.46. The van der Waals surface area contributed by atoms with E-state index in [1.54, 1.807) is 4.90 Å². The van der Waals surface area contributed by atoms with E-state index < -0.39 is 0 Å². The van der Waals surface area contributed by atoms with Gasteiger partial charge in [0.1, 0.15) is 0 Å². The molecule has 0 unspecified atom stereocenters. The Labute approximate surface area is 80.6 Å². The van der Waals surface area contributed by atoms with Crippen LogP contribution in [-0.4, -0.2) is 24.1 Å². The van der Waals surface area contributed by atoms with Gasteiger partial charge in [0.25, 0.3) is 0 Å². The van der Waals surface area contributed by atoms with Gasteiger partial charge in [-0.2, -0.15) is 0 Å². The fraction of sp³-hybridized carbons (Fsp3) is 0.500. The Morgan fingerprint density at radius 1 is 1.69 bits per heavy atom. The Balaban J connectivity index is 2.19. The average Bonchev–Trinajstić information content (AvgIpc) is 2.53. The van der Waals surface area contributed by atoms with Gasteiger partial charge in [0.2, 0.25) is 0 Å². The summed E-state index contributed by atoms with van der Waals surface area (Å²) in [5, 5.41) is 5.55. The Bertz CT molecular complexity index is 323. The molecule has 2 amide bonds. The summed E-state index contributed by atoms with van der Waals surface area (Å²) in [7, 11) is 0. The predicted molar refractivity (Wildman–Crippen MR) is 52.2 cm³/mol. The van der Waals surface area contributed by atoms with Gasteiger partial charge < -0.3 is 5.32 Å². The van der Waals surface area contributed by atoms with Gasteiger partial charge in [-0.3, -0.25) is 4.90 Å². The van der Waals surface area contributed by atoms with Crippen LogP contribution in [0.4, 0.5) is 9.93 Å². The number of thiazole rings is 1. The first-order valence-electron chi connectivity index (χ1n) is 4.25. The summed E-state index contributed by atoms with van der Waals surface area (Å²) in [6.07, 6.45) is 0.990. The van der Waals surface area contributed by atoms with Gasteiger partial charge in [-0.05, 0) is 13.3 Å². The number of nitrogens with zero attached hydrogens (tertiary/aromatic N) is 2. The molecule has 1 aliphatic heterocycles. The van der Waals surface area contributed by atoms with E-state index in [0.29, 0.717) is 0 Å². The number of carbonyl (C=O) groups is 1. The lowest BCUT2D eigenvalue weighted by molar-refractivity contribution is 0.243. The smallest absolute Gasteiger partial charge is 0.323 e. The molecule has 2 heterocycles. The summed E-state index contributed by atoms with van der Waals surface area (Å²) in [6, 6.07) is -0.0272. The largest absolute Gasteiger partial charge is 0.338 e. The Kier molecular flexibility index (Phi) is 2.18. The fourth-order valence-electron chi connectivity index (χ4n) is 1.28. The van der Waals surface area contributed by atoms with Gasteiger partial charge in [-0.1, -0.05) is 0 Å². The monoisotopic (exact) mass is 197 g/mol. The number of rotatable bonds is 1. The molecule has 0 aliphatic carbocycles. The molecule has 0 aromatic carbocycles. The van der Waals surface area contributed by atoms with Crippen molar-refractivity contribution in [2.24, 2.45) is 0 Å². The highest BCUT2D eigenvalue weighted by molar-refractivity contribution is 7.14. The van der Waals surface area contributed by atoms with E-state index in [2.05, 4.69) is 10.3 Å². The second-order valence-corrected chi connectivity index (χ2v) is 3.85. The molecular formula is C8H11N3OS. The number of hydrogen-bond donors (Lipinski definition) is 1. The molecule has 0 radical (unpaired) electrons. The summed E-state index contributed by atoms with van der Waals surface area (Å²) >= 11 is 1.51. The molecule has 5 heteroatoms. The molecule has 4 nitrogen and oxygen atoms in total. The first-order chi connectivity index (χ1) is 6.27. The lowest BCUT2D eigenvalue weighted by Gasteiger charge is -2.24. The molecule has 1 aromatic heterocycles. The number of aryl methyl sites for hydroxylation is 1. The molecule has 0 saturated carbocycles. The summed E-state index contributed by atoms with van der Waals surface area (Å²) < 4.78 is 0. The number of hydrogen-bond acceptors (Lipinski definition) is 3. The van der Waals surface area contributed by atoms with Crippen molar-refractivity contribution in [3.63, 3.8) is 0 Å². The summed E-state index contributed by atoms with van der Waals surface area (Å²) in [5.41, 5.74) is 0.971. The first-order valence-corrected chi connectivity index (χ1v) is 5.13. The number of aromatic nitrogens is 1. The van der Waals surface area contributed by atoms with Gasteiger partial charge in [0.15, 0.2) is 5.13 Å². The lowest BCUT2D eigenvalue weighted by atomic mass is 10.3. The summed E-state index contributed by atoms with van der Waals surface area (Å²) in [6.45, 7) is 3.49. The second-order valence-electron chi connectivity index (χ2n) is 3.01. The molecule has 1 aromatic rings. The van der Waals surface area contributed by atoms with Gasteiger partial charge in [0.05, 0.1) is 5.69 Å². The van der Waals surface area contributed by atoms with Crippen LogP contribution in [0.5, 0.6) is 0 Å². The minimum atomic E-state index is -0.0272. The molecule has 0 bridgehead atoms. The van der Waals surface area contributed by atoms with Crippen LogP contribution in [0.3, 0.4) is 0 Å². The SMILES string of the molecule is Cc1csc(N2CCCNC2=O)n1. The highest BCUT2D eigenvalue weighted by atomic mass is 32.1. The molecule has 1 N–H and O–H groups in total. The van der Waals surface area contributed by atoms with Gasteiger partial charge in [-0.25, -0.2) is 9.78 Å². The first kappa shape index (κ1) is 8.50. The van der Waals surface area contributed by atoms with Crippen LogP contribution in [0.2, 0.25) is 0 Å². The minimum Gasteiger partial charge on any atom is -0.338 e. The Morgan fingerprint density at radius 3 is 3.15 bits per heavy atom. The van der Waals surface area contributed by atoms with E-state index in [1.165, 1.54) is 11.3 Å². The second kappa shape index (κ2) is 3.33. The molecule has 1 aliphatic rings. The van der Waals surface area contributed by atoms with Crippen LogP contribution < -0.4 is 10.2 Å². The summed E-state index contributed by atoms with van der Waals surface area (Å²) in [4.78, 5) is 17.3. The van der Waals surface area contributed by atoms with Crippen molar-refractivity contribution < 1.29 is 4.79 Å². The van der Waals surface area contributed by atoms with E-state index in [9.17, 15) is 4.79 Å². The van der Waals surface area contributed by atoms with E-state index in [-0.39, 0.29) is 6.03 Å². The third-order valence-electron chi connectivity index (χ3n) is 1.92. The number of anilines is 1. The molecule has 0 spiro atoms. The van der Waals surface area contributed by atoms with Crippen LogP contribution >= 0.6 is 11.3 Å². The number of nitrogens with one attached hydrogen (secondary N) is 1. The van der Waals surface area contributed by atoms with E-state index >= 15 is 0 Å². The van der Waals surface area contributed by atoms with Crippen molar-refractivity contribution in [1.82, 2.24) is 10.3 Å². The minimum absolute atomic E-state index is 0.0272. The van der Waals surface area contributed by atoms with Crippen molar-refractivity contribution in [3.05, 3.63) is 11.1 Å². The van der Waals surface area contributed by atoms with Crippen LogP contribution in [0, 0.1) is 6.92 Å². The Morgan fingerprint density at radius 2 is 2.54 bits per heavy atom. The molecule has 1 saturated heterocycles. The molecular weight excluding hydrogens is 186 g/mol. The van der Waals surface area contributed by atoms with Crippen LogP contribution in [0.25, 0.3) is 0 Å². The maximum absolute atomic E-state index is 11.4. The summed E-state index contributed by atoms with van der Waals surface area (Å²) in [5.74, 6) is 0. The zero-order chi connectivity index (χ0) is 9.26. The highest BCUT2D eigenvalue weighted by Gasteiger charge is 2.21. The van der Waals surface area contributed by atoms with Crippen molar-refractivity contribution in [1.29, 1.82) is 0 Å². The number of urea groups is 1. The van der Waals surface area contributed by atoms with Gasteiger partial charge >= 0.3 is 6.03 Å². The molecule has 0 atom stereocenters. The average molecular weight is 197 g/mol. The third kappa shape index (κ3) is 1.65. The van der Waals surface area contributed by atoms with Gasteiger partial charge in [0, 0.05) is 18.5 Å². The van der Waals surface area contributed by atoms with Crippen LogP contribution in [-0.2, 0) is 0 Å². The molecule has 13 heavy (non-hydrogen) atoms. The van der Waals surface area contributed by atoms with Gasteiger partial charge in [-0.15, -0.1) is 11.3 Å². The van der Waals surface area contributed by atoms with E-state index in [1.807, 2.05) is 12.3 Å². The molecule has 2 rings (SSSR count). The van der Waals surface area contributed by atoms with E-state index in [4.69, 9.17) is 0 Å². The van der Waals surface area contributed by atoms with Crippen LogP contribution in [0.1, 0.15) is 12.1 Å². The third-order valence-corrected chi connectivity index (χ3v) is 2.90. The molecule has 70 valence electrons. The zero-order valence-electron chi connectivity index (χ0n) is 7.41. The fourth-order valence-corrected chi connectivity index (χ4v) is 2.10. The predicted octanol–water partition coefficient (Wildman–Crippen LogP) is 1.37. The zero-order valence-corrected chi connectivity index (χ0v) is 8.23. The molecule has 1 fully saturated rings. The standard InChI is InChI=1S/C8H11N3OS/c1-6-5-13-8(10-6)11-4-2-3-9-7(11)12/h5H,2-4H2,1H3,(H,9,12). The van der Waals surface area contributed by atoms with Crippen molar-refractivity contribution in [2.75, 3.05) is 18.0 Å². The normalized spacial score (nSPS) is 17.3. The van der Waals surface area contributed by atoms with E-state index in [0.717, 1.165) is 30.3 Å². The maximum atomic E-state index is 11.4. The highest BCUT2D eigenvalue weighted by Crippen LogP contribution is 2.21. The van der Waals surface area contributed by atoms with Crippen LogP contribution in [0.15, 0.2) is 5.38 Å². The van der Waals surface area contributed by atoms with Crippen molar-refractivity contribution in [3.8, 4) is 0 Å². The Hall–Kier alpha value is -1.10. The topological polar surface area (TPSA) is 45.2 Å².